The molecule has 30 heavy (non-hydrogen) atoms. The number of benzene rings is 2. The quantitative estimate of drug-likeness (QED) is 0.568. The minimum atomic E-state index is -2.95. The number of nitrogens with zero attached hydrogens (tertiary/aromatic N) is 3. The predicted octanol–water partition coefficient (Wildman–Crippen LogP) is 3.77. The monoisotopic (exact) mass is 414 g/mol. The van der Waals surface area contributed by atoms with Crippen LogP contribution < -0.4 is 14.8 Å². The van der Waals surface area contributed by atoms with Crippen molar-refractivity contribution in [2.45, 2.75) is 19.6 Å². The van der Waals surface area contributed by atoms with Gasteiger partial charge in [-0.2, -0.15) is 13.9 Å². The van der Waals surface area contributed by atoms with Crippen molar-refractivity contribution in [3.05, 3.63) is 72.3 Å². The highest BCUT2D eigenvalue weighted by Crippen LogP contribution is 2.29. The second kappa shape index (κ2) is 9.64. The van der Waals surface area contributed by atoms with Gasteiger partial charge in [0.15, 0.2) is 11.5 Å². The van der Waals surface area contributed by atoms with Crippen LogP contribution in [0.15, 0.2) is 61.2 Å². The fraction of sp³-hybridized carbons (Fsp3) is 0.190. The predicted molar refractivity (Wildman–Crippen MR) is 107 cm³/mol. The molecule has 0 aliphatic heterocycles. The van der Waals surface area contributed by atoms with Crippen molar-refractivity contribution in [3.8, 4) is 17.2 Å². The zero-order chi connectivity index (χ0) is 21.5. The van der Waals surface area contributed by atoms with E-state index in [0.29, 0.717) is 5.56 Å². The van der Waals surface area contributed by atoms with Gasteiger partial charge in [-0.15, -0.1) is 0 Å². The van der Waals surface area contributed by atoms with Gasteiger partial charge in [0.05, 0.1) is 18.8 Å². The standard InChI is InChI=1S/C21H20F2N4O3/c1-14(16-5-7-17(8-6-16)27-13-24-12-25-27)26-20(28)10-4-15-3-9-18(30-21(22)23)19(11-15)29-2/h3-14,21H,1-2H3,(H,26,28)/b10-4+. The first-order chi connectivity index (χ1) is 14.5. The zero-order valence-electron chi connectivity index (χ0n) is 16.3. The first-order valence-corrected chi connectivity index (χ1v) is 9.02. The molecular weight excluding hydrogens is 394 g/mol. The summed E-state index contributed by atoms with van der Waals surface area (Å²) < 4.78 is 35.9. The summed E-state index contributed by atoms with van der Waals surface area (Å²) >= 11 is 0. The van der Waals surface area contributed by atoms with Crippen LogP contribution in [-0.4, -0.2) is 34.4 Å². The van der Waals surface area contributed by atoms with Crippen molar-refractivity contribution < 1.29 is 23.0 Å². The number of aromatic nitrogens is 3. The summed E-state index contributed by atoms with van der Waals surface area (Å²) in [6.07, 6.45) is 5.98. The summed E-state index contributed by atoms with van der Waals surface area (Å²) in [4.78, 5) is 16.2. The lowest BCUT2D eigenvalue weighted by Gasteiger charge is -2.13. The van der Waals surface area contributed by atoms with E-state index in [4.69, 9.17) is 4.74 Å². The Labute approximate surface area is 172 Å². The van der Waals surface area contributed by atoms with Crippen LogP contribution in [0.2, 0.25) is 0 Å². The summed E-state index contributed by atoms with van der Waals surface area (Å²) in [6.45, 7) is -1.08. The Morgan fingerprint density at radius 2 is 1.93 bits per heavy atom. The highest BCUT2D eigenvalue weighted by atomic mass is 19.3. The molecule has 3 rings (SSSR count). The number of methoxy groups -OCH3 is 1. The van der Waals surface area contributed by atoms with Gasteiger partial charge in [-0.05, 0) is 48.4 Å². The Morgan fingerprint density at radius 3 is 2.57 bits per heavy atom. The van der Waals surface area contributed by atoms with Crippen LogP contribution in [0.25, 0.3) is 11.8 Å². The molecule has 1 aromatic heterocycles. The number of ether oxygens (including phenoxy) is 2. The molecule has 7 nitrogen and oxygen atoms in total. The average Bonchev–Trinajstić information content (AvgIpc) is 3.27. The Kier molecular flexibility index (Phi) is 6.74. The number of hydrogen-bond donors (Lipinski definition) is 1. The largest absolute Gasteiger partial charge is 0.493 e. The molecule has 2 aromatic carbocycles. The lowest BCUT2D eigenvalue weighted by Crippen LogP contribution is -2.24. The first-order valence-electron chi connectivity index (χ1n) is 9.02. The summed E-state index contributed by atoms with van der Waals surface area (Å²) in [7, 11) is 1.35. The zero-order valence-corrected chi connectivity index (χ0v) is 16.3. The molecule has 1 heterocycles. The maximum Gasteiger partial charge on any atom is 0.387 e. The number of hydrogen-bond acceptors (Lipinski definition) is 5. The molecule has 0 saturated heterocycles. The van der Waals surface area contributed by atoms with Crippen LogP contribution in [0.3, 0.4) is 0 Å². The number of amides is 1. The highest BCUT2D eigenvalue weighted by Gasteiger charge is 2.11. The molecule has 1 amide bonds. The lowest BCUT2D eigenvalue weighted by molar-refractivity contribution is -0.117. The maximum atomic E-state index is 12.4. The number of halogens is 2. The van der Waals surface area contributed by atoms with E-state index in [2.05, 4.69) is 20.1 Å². The maximum absolute atomic E-state index is 12.4. The van der Waals surface area contributed by atoms with Gasteiger partial charge in [0.1, 0.15) is 12.7 Å². The second-order valence-corrected chi connectivity index (χ2v) is 6.28. The summed E-state index contributed by atoms with van der Waals surface area (Å²) in [5.74, 6) is -0.217. The fourth-order valence-electron chi connectivity index (χ4n) is 2.76. The van der Waals surface area contributed by atoms with Gasteiger partial charge in [0.2, 0.25) is 5.91 Å². The molecule has 156 valence electrons. The van der Waals surface area contributed by atoms with E-state index in [0.717, 1.165) is 11.3 Å². The molecule has 9 heteroatoms. The number of carbonyl (C=O) groups is 1. The van der Waals surface area contributed by atoms with Gasteiger partial charge in [0.25, 0.3) is 0 Å². The molecule has 3 aromatic rings. The average molecular weight is 414 g/mol. The molecular formula is C21H20F2N4O3. The third-order valence-corrected chi connectivity index (χ3v) is 4.27. The van der Waals surface area contributed by atoms with Crippen LogP contribution in [0.1, 0.15) is 24.1 Å². The topological polar surface area (TPSA) is 78.3 Å². The van der Waals surface area contributed by atoms with E-state index in [1.807, 2.05) is 31.2 Å². The highest BCUT2D eigenvalue weighted by molar-refractivity contribution is 5.92. The van der Waals surface area contributed by atoms with Crippen LogP contribution in [0, 0.1) is 0 Å². The fourth-order valence-corrected chi connectivity index (χ4v) is 2.76. The van der Waals surface area contributed by atoms with E-state index in [1.165, 1.54) is 31.6 Å². The lowest BCUT2D eigenvalue weighted by atomic mass is 10.1. The molecule has 0 fully saturated rings. The number of nitrogens with one attached hydrogen (secondary N) is 1. The molecule has 0 radical (unpaired) electrons. The summed E-state index contributed by atoms with van der Waals surface area (Å²) in [6, 6.07) is 11.8. The van der Waals surface area contributed by atoms with Crippen LogP contribution in [0.4, 0.5) is 8.78 Å². The Bertz CT molecular complexity index is 1010. The molecule has 1 N–H and O–H groups in total. The van der Waals surface area contributed by atoms with E-state index in [-0.39, 0.29) is 23.4 Å². The van der Waals surface area contributed by atoms with Gasteiger partial charge < -0.3 is 14.8 Å². The van der Waals surface area contributed by atoms with Gasteiger partial charge in [-0.1, -0.05) is 18.2 Å². The number of carbonyl (C=O) groups excluding carboxylic acids is 1. The summed E-state index contributed by atoms with van der Waals surface area (Å²) in [5, 5.41) is 6.94. The van der Waals surface area contributed by atoms with Crippen LogP contribution in [0.5, 0.6) is 11.5 Å². The molecule has 0 aliphatic carbocycles. The van der Waals surface area contributed by atoms with Crippen molar-refractivity contribution in [1.82, 2.24) is 20.1 Å². The molecule has 0 aliphatic rings. The van der Waals surface area contributed by atoms with Gasteiger partial charge in [-0.3, -0.25) is 4.79 Å². The SMILES string of the molecule is COc1cc(/C=C/C(=O)NC(C)c2ccc(-n3cncn3)cc2)ccc1OC(F)F. The minimum absolute atomic E-state index is 0.0722. The summed E-state index contributed by atoms with van der Waals surface area (Å²) in [5.41, 5.74) is 2.40. The van der Waals surface area contributed by atoms with Crippen molar-refractivity contribution in [2.24, 2.45) is 0 Å². The number of rotatable bonds is 8. The van der Waals surface area contributed by atoms with Gasteiger partial charge in [0, 0.05) is 6.08 Å². The van der Waals surface area contributed by atoms with E-state index in [1.54, 1.807) is 23.2 Å². The third kappa shape index (κ3) is 5.40. The Hall–Kier alpha value is -3.75. The normalized spacial score (nSPS) is 12.2. The van der Waals surface area contributed by atoms with Crippen molar-refractivity contribution in [1.29, 1.82) is 0 Å². The number of alkyl halides is 2. The first kappa shape index (κ1) is 21.0. The van der Waals surface area contributed by atoms with E-state index >= 15 is 0 Å². The third-order valence-electron chi connectivity index (χ3n) is 4.27. The second-order valence-electron chi connectivity index (χ2n) is 6.28. The molecule has 0 spiro atoms. The molecule has 1 unspecified atom stereocenters. The van der Waals surface area contributed by atoms with Gasteiger partial charge in [-0.25, -0.2) is 9.67 Å². The van der Waals surface area contributed by atoms with E-state index < -0.39 is 6.61 Å². The Balaban J connectivity index is 1.61. The molecule has 0 saturated carbocycles. The molecule has 0 bridgehead atoms. The van der Waals surface area contributed by atoms with Crippen LogP contribution in [-0.2, 0) is 4.79 Å². The smallest absolute Gasteiger partial charge is 0.387 e. The van der Waals surface area contributed by atoms with Crippen molar-refractivity contribution in [3.63, 3.8) is 0 Å². The van der Waals surface area contributed by atoms with Crippen molar-refractivity contribution in [2.75, 3.05) is 7.11 Å². The van der Waals surface area contributed by atoms with Crippen molar-refractivity contribution >= 4 is 12.0 Å². The Morgan fingerprint density at radius 1 is 1.17 bits per heavy atom. The minimum Gasteiger partial charge on any atom is -0.493 e. The van der Waals surface area contributed by atoms with E-state index in [9.17, 15) is 13.6 Å². The van der Waals surface area contributed by atoms with Crippen LogP contribution >= 0.6 is 0 Å². The molecule has 1 atom stereocenters. The van der Waals surface area contributed by atoms with Gasteiger partial charge >= 0.3 is 6.61 Å².